The maximum absolute atomic E-state index is 6.23. The fraction of sp³-hybridized carbons (Fsp3) is 0.133. The molecule has 2 aromatic rings. The molecule has 0 heterocycles. The highest BCUT2D eigenvalue weighted by Crippen LogP contribution is 2.28. The maximum Gasteiger partial charge on any atom is 0.125 e. The predicted octanol–water partition coefficient (Wildman–Crippen LogP) is 4.36. The van der Waals surface area contributed by atoms with E-state index in [0.717, 1.165) is 27.0 Å². The summed E-state index contributed by atoms with van der Waals surface area (Å²) in [4.78, 5) is 0.344. The lowest BCUT2D eigenvalue weighted by Gasteiger charge is -2.15. The van der Waals surface area contributed by atoms with E-state index in [4.69, 9.17) is 34.3 Å². The number of nitrogens with two attached hydrogens (primary N) is 1. The SMILES string of the molecule is COc1cccc(Cl)c1CNc1cc(Br)ccc1C(N)=S. The second kappa shape index (κ2) is 7.11. The largest absolute Gasteiger partial charge is 0.496 e. The van der Waals surface area contributed by atoms with Gasteiger partial charge in [-0.05, 0) is 30.3 Å². The van der Waals surface area contributed by atoms with Gasteiger partial charge in [-0.2, -0.15) is 0 Å². The number of halogens is 2. The number of hydrogen-bond donors (Lipinski definition) is 2. The Morgan fingerprint density at radius 1 is 1.38 bits per heavy atom. The van der Waals surface area contributed by atoms with Crippen molar-refractivity contribution in [2.24, 2.45) is 5.73 Å². The van der Waals surface area contributed by atoms with Crippen molar-refractivity contribution in [1.82, 2.24) is 0 Å². The van der Waals surface area contributed by atoms with E-state index in [-0.39, 0.29) is 0 Å². The Balaban J connectivity index is 2.28. The molecular formula is C15H14BrClN2OS. The minimum atomic E-state index is 0.344. The topological polar surface area (TPSA) is 47.3 Å². The Labute approximate surface area is 142 Å². The van der Waals surface area contributed by atoms with E-state index in [1.54, 1.807) is 7.11 Å². The molecule has 0 saturated heterocycles. The quantitative estimate of drug-likeness (QED) is 0.751. The van der Waals surface area contributed by atoms with Crippen LogP contribution >= 0.6 is 39.7 Å². The van der Waals surface area contributed by atoms with E-state index < -0.39 is 0 Å². The molecule has 0 spiro atoms. The Bertz CT molecular complexity index is 679. The second-order valence-electron chi connectivity index (χ2n) is 4.33. The minimum absolute atomic E-state index is 0.344. The van der Waals surface area contributed by atoms with Crippen LogP contribution in [0, 0.1) is 0 Å². The van der Waals surface area contributed by atoms with Crippen molar-refractivity contribution in [1.29, 1.82) is 0 Å². The third-order valence-electron chi connectivity index (χ3n) is 3.00. The van der Waals surface area contributed by atoms with E-state index in [1.807, 2.05) is 36.4 Å². The average Bonchev–Trinajstić information content (AvgIpc) is 2.45. The second-order valence-corrected chi connectivity index (χ2v) is 6.09. The summed E-state index contributed by atoms with van der Waals surface area (Å²) in [7, 11) is 1.62. The van der Waals surface area contributed by atoms with Crippen LogP contribution in [0.2, 0.25) is 5.02 Å². The zero-order chi connectivity index (χ0) is 15.4. The van der Waals surface area contributed by atoms with Gasteiger partial charge < -0.3 is 15.8 Å². The summed E-state index contributed by atoms with van der Waals surface area (Å²) in [6.07, 6.45) is 0. The van der Waals surface area contributed by atoms with Gasteiger partial charge in [-0.1, -0.05) is 45.8 Å². The molecule has 0 radical (unpaired) electrons. The van der Waals surface area contributed by atoms with Crippen LogP contribution in [0.3, 0.4) is 0 Å². The van der Waals surface area contributed by atoms with Crippen LogP contribution in [-0.4, -0.2) is 12.1 Å². The zero-order valence-electron chi connectivity index (χ0n) is 11.3. The van der Waals surface area contributed by atoms with Gasteiger partial charge in [0.15, 0.2) is 0 Å². The molecule has 0 atom stereocenters. The van der Waals surface area contributed by atoms with Gasteiger partial charge in [0.05, 0.1) is 7.11 Å². The van der Waals surface area contributed by atoms with Crippen molar-refractivity contribution in [2.75, 3.05) is 12.4 Å². The number of methoxy groups -OCH3 is 1. The van der Waals surface area contributed by atoms with E-state index in [9.17, 15) is 0 Å². The molecular weight excluding hydrogens is 372 g/mol. The Morgan fingerprint density at radius 2 is 2.14 bits per heavy atom. The van der Waals surface area contributed by atoms with Crippen LogP contribution in [0.1, 0.15) is 11.1 Å². The molecule has 0 aliphatic carbocycles. The summed E-state index contributed by atoms with van der Waals surface area (Å²) in [6, 6.07) is 11.3. The van der Waals surface area contributed by atoms with E-state index in [2.05, 4.69) is 21.2 Å². The molecule has 2 rings (SSSR count). The monoisotopic (exact) mass is 384 g/mol. The van der Waals surface area contributed by atoms with Gasteiger partial charge in [0.1, 0.15) is 10.7 Å². The van der Waals surface area contributed by atoms with Crippen molar-refractivity contribution in [3.63, 3.8) is 0 Å². The van der Waals surface area contributed by atoms with Crippen molar-refractivity contribution in [3.8, 4) is 5.75 Å². The molecule has 3 N–H and O–H groups in total. The summed E-state index contributed by atoms with van der Waals surface area (Å²) < 4.78 is 6.27. The third-order valence-corrected chi connectivity index (χ3v) is 4.07. The lowest BCUT2D eigenvalue weighted by atomic mass is 10.1. The number of ether oxygens (including phenoxy) is 1. The molecule has 0 fully saturated rings. The molecule has 0 aliphatic rings. The summed E-state index contributed by atoms with van der Waals surface area (Å²) in [5, 5.41) is 3.95. The molecule has 3 nitrogen and oxygen atoms in total. The molecule has 0 saturated carbocycles. The van der Waals surface area contributed by atoms with Gasteiger partial charge >= 0.3 is 0 Å². The van der Waals surface area contributed by atoms with Gasteiger partial charge in [0.2, 0.25) is 0 Å². The fourth-order valence-corrected chi connectivity index (χ4v) is 2.73. The molecule has 0 aliphatic heterocycles. The van der Waals surface area contributed by atoms with Crippen LogP contribution in [0.25, 0.3) is 0 Å². The van der Waals surface area contributed by atoms with Gasteiger partial charge in [-0.25, -0.2) is 0 Å². The lowest BCUT2D eigenvalue weighted by Crippen LogP contribution is -2.13. The number of nitrogens with one attached hydrogen (secondary N) is 1. The Morgan fingerprint density at radius 3 is 2.81 bits per heavy atom. The standard InChI is InChI=1S/C15H14BrClN2OS/c1-20-14-4-2-3-12(17)11(14)8-19-13-7-9(16)5-6-10(13)15(18)21/h2-7,19H,8H2,1H3,(H2,18,21). The van der Waals surface area contributed by atoms with Crippen LogP contribution in [0.4, 0.5) is 5.69 Å². The van der Waals surface area contributed by atoms with Gasteiger partial charge in [0, 0.05) is 32.9 Å². The summed E-state index contributed by atoms with van der Waals surface area (Å²) in [5.41, 5.74) is 8.27. The summed E-state index contributed by atoms with van der Waals surface area (Å²) in [5.74, 6) is 0.738. The summed E-state index contributed by atoms with van der Waals surface area (Å²) in [6.45, 7) is 0.509. The first kappa shape index (κ1) is 16.1. The first-order valence-corrected chi connectivity index (χ1v) is 7.75. The molecule has 21 heavy (non-hydrogen) atoms. The van der Waals surface area contributed by atoms with Crippen molar-refractivity contribution in [3.05, 3.63) is 57.0 Å². The van der Waals surface area contributed by atoms with Crippen LogP contribution < -0.4 is 15.8 Å². The van der Waals surface area contributed by atoms with Crippen molar-refractivity contribution in [2.45, 2.75) is 6.54 Å². The number of benzene rings is 2. The van der Waals surface area contributed by atoms with Crippen LogP contribution in [-0.2, 0) is 6.54 Å². The number of hydrogen-bond acceptors (Lipinski definition) is 3. The van der Waals surface area contributed by atoms with Crippen molar-refractivity contribution >= 4 is 50.4 Å². The van der Waals surface area contributed by atoms with Crippen molar-refractivity contribution < 1.29 is 4.74 Å². The molecule has 110 valence electrons. The first-order valence-electron chi connectivity index (χ1n) is 6.17. The normalized spacial score (nSPS) is 10.2. The number of anilines is 1. The van der Waals surface area contributed by atoms with Crippen LogP contribution in [0.5, 0.6) is 5.75 Å². The Hall–Kier alpha value is -1.30. The highest BCUT2D eigenvalue weighted by atomic mass is 79.9. The molecule has 0 aromatic heterocycles. The zero-order valence-corrected chi connectivity index (χ0v) is 14.5. The van der Waals surface area contributed by atoms with E-state index in [1.165, 1.54) is 0 Å². The Kier molecular flexibility index (Phi) is 5.45. The predicted molar refractivity (Wildman–Crippen MR) is 95.4 cm³/mol. The average molecular weight is 386 g/mol. The van der Waals surface area contributed by atoms with Crippen LogP contribution in [0.15, 0.2) is 40.9 Å². The van der Waals surface area contributed by atoms with Gasteiger partial charge in [0.25, 0.3) is 0 Å². The molecule has 0 amide bonds. The highest BCUT2D eigenvalue weighted by Gasteiger charge is 2.10. The van der Waals surface area contributed by atoms with E-state index in [0.29, 0.717) is 16.6 Å². The minimum Gasteiger partial charge on any atom is -0.496 e. The molecule has 0 bridgehead atoms. The van der Waals surface area contributed by atoms with E-state index >= 15 is 0 Å². The first-order chi connectivity index (χ1) is 10.0. The molecule has 0 unspecified atom stereocenters. The summed E-state index contributed by atoms with van der Waals surface area (Å²) >= 11 is 14.7. The van der Waals surface area contributed by atoms with Gasteiger partial charge in [-0.3, -0.25) is 0 Å². The highest BCUT2D eigenvalue weighted by molar-refractivity contribution is 9.10. The number of rotatable bonds is 5. The maximum atomic E-state index is 6.23. The fourth-order valence-electron chi connectivity index (χ4n) is 1.96. The lowest BCUT2D eigenvalue weighted by molar-refractivity contribution is 0.410. The third kappa shape index (κ3) is 3.87. The number of thiocarbonyl (C=S) groups is 1. The molecule has 2 aromatic carbocycles. The molecule has 6 heteroatoms. The van der Waals surface area contributed by atoms with Gasteiger partial charge in [-0.15, -0.1) is 0 Å². The smallest absolute Gasteiger partial charge is 0.125 e.